The number of nitriles is 1. The average Bonchev–Trinajstić information content (AvgIpc) is 2.50. The van der Waals surface area contributed by atoms with Gasteiger partial charge in [-0.15, -0.1) is 0 Å². The van der Waals surface area contributed by atoms with Gasteiger partial charge in [0.2, 0.25) is 0 Å². The molecule has 0 aromatic heterocycles. The molecule has 3 unspecified atom stereocenters. The maximum absolute atomic E-state index is 12.3. The zero-order chi connectivity index (χ0) is 17.0. The van der Waals surface area contributed by atoms with Crippen molar-refractivity contribution in [2.45, 2.75) is 59.8 Å². The zero-order valence-electron chi connectivity index (χ0n) is 14.3. The lowest BCUT2D eigenvalue weighted by atomic mass is 9.81. The van der Waals surface area contributed by atoms with Crippen LogP contribution in [0.25, 0.3) is 0 Å². The largest absolute Gasteiger partial charge is 0.466 e. The summed E-state index contributed by atoms with van der Waals surface area (Å²) >= 11 is 0. The van der Waals surface area contributed by atoms with Gasteiger partial charge in [0.05, 0.1) is 31.1 Å². The Morgan fingerprint density at radius 3 is 1.82 bits per heavy atom. The van der Waals surface area contributed by atoms with Gasteiger partial charge >= 0.3 is 11.9 Å². The number of nitrogens with zero attached hydrogens (tertiary/aromatic N) is 1. The molecule has 0 aliphatic rings. The fourth-order valence-electron chi connectivity index (χ4n) is 2.61. The summed E-state index contributed by atoms with van der Waals surface area (Å²) in [7, 11) is 0. The molecule has 0 rings (SSSR count). The van der Waals surface area contributed by atoms with Crippen molar-refractivity contribution >= 4 is 11.9 Å². The Hall–Kier alpha value is -1.57. The number of carbonyl (C=O) groups excluding carboxylic acids is 2. The number of hydrogen-bond donors (Lipinski definition) is 0. The minimum atomic E-state index is -0.602. The molecule has 5 nitrogen and oxygen atoms in total. The lowest BCUT2D eigenvalue weighted by Gasteiger charge is -2.25. The van der Waals surface area contributed by atoms with E-state index in [-0.39, 0.29) is 25.1 Å². The van der Waals surface area contributed by atoms with Crippen LogP contribution in [0, 0.1) is 29.1 Å². The molecule has 22 heavy (non-hydrogen) atoms. The molecule has 0 N–H and O–H groups in total. The summed E-state index contributed by atoms with van der Waals surface area (Å²) in [6, 6.07) is 2.24. The topological polar surface area (TPSA) is 76.4 Å². The molecular formula is C17H29NO4. The molecule has 126 valence electrons. The van der Waals surface area contributed by atoms with Crippen LogP contribution in [0.3, 0.4) is 0 Å². The van der Waals surface area contributed by atoms with E-state index in [2.05, 4.69) is 6.07 Å². The Balaban J connectivity index is 5.25. The molecule has 0 aromatic rings. The van der Waals surface area contributed by atoms with Crippen LogP contribution < -0.4 is 0 Å². The molecule has 3 atom stereocenters. The van der Waals surface area contributed by atoms with E-state index in [0.29, 0.717) is 19.3 Å². The standard InChI is InChI=1S/C17H29NO4/c1-5-9-13(12-18)11-15(17(20)22-8-4)14(10-6-2)16(19)21-7-3/h13-15H,5-11H2,1-4H3. The first-order valence-corrected chi connectivity index (χ1v) is 8.28. The number of ether oxygens (including phenoxy) is 2. The first-order valence-electron chi connectivity index (χ1n) is 8.28. The number of hydrogen-bond acceptors (Lipinski definition) is 5. The third-order valence-corrected chi connectivity index (χ3v) is 3.62. The molecule has 0 heterocycles. The highest BCUT2D eigenvalue weighted by Crippen LogP contribution is 2.29. The highest BCUT2D eigenvalue weighted by molar-refractivity contribution is 5.82. The molecule has 0 saturated carbocycles. The summed E-state index contributed by atoms with van der Waals surface area (Å²) in [5.41, 5.74) is 0. The van der Waals surface area contributed by atoms with Crippen molar-refractivity contribution < 1.29 is 19.1 Å². The van der Waals surface area contributed by atoms with E-state index < -0.39 is 17.8 Å². The fourth-order valence-corrected chi connectivity index (χ4v) is 2.61. The van der Waals surface area contributed by atoms with Crippen molar-refractivity contribution in [1.29, 1.82) is 5.26 Å². The minimum absolute atomic E-state index is 0.242. The molecule has 0 spiro atoms. The van der Waals surface area contributed by atoms with Crippen molar-refractivity contribution in [2.24, 2.45) is 17.8 Å². The molecule has 0 fully saturated rings. The monoisotopic (exact) mass is 311 g/mol. The SMILES string of the molecule is CCCC(C#N)CC(C(=O)OCC)C(CCC)C(=O)OCC. The Morgan fingerprint density at radius 1 is 0.909 bits per heavy atom. The van der Waals surface area contributed by atoms with E-state index in [4.69, 9.17) is 9.47 Å². The van der Waals surface area contributed by atoms with E-state index >= 15 is 0 Å². The minimum Gasteiger partial charge on any atom is -0.466 e. The van der Waals surface area contributed by atoms with Crippen molar-refractivity contribution in [3.05, 3.63) is 0 Å². The van der Waals surface area contributed by atoms with Crippen LogP contribution in [-0.4, -0.2) is 25.2 Å². The van der Waals surface area contributed by atoms with Crippen molar-refractivity contribution in [3.63, 3.8) is 0 Å². The van der Waals surface area contributed by atoms with Crippen LogP contribution in [-0.2, 0) is 19.1 Å². The fraction of sp³-hybridized carbons (Fsp3) is 0.824. The normalized spacial score (nSPS) is 14.5. The molecule has 0 aliphatic heterocycles. The van der Waals surface area contributed by atoms with Crippen LogP contribution in [0.4, 0.5) is 0 Å². The number of esters is 2. The summed E-state index contributed by atoms with van der Waals surface area (Å²) < 4.78 is 10.2. The van der Waals surface area contributed by atoms with Gasteiger partial charge in [-0.25, -0.2) is 0 Å². The van der Waals surface area contributed by atoms with Gasteiger partial charge in [-0.05, 0) is 33.1 Å². The molecule has 5 heteroatoms. The second-order valence-electron chi connectivity index (χ2n) is 5.36. The van der Waals surface area contributed by atoms with E-state index in [9.17, 15) is 14.9 Å². The third-order valence-electron chi connectivity index (χ3n) is 3.62. The molecule has 0 radical (unpaired) electrons. The van der Waals surface area contributed by atoms with E-state index in [1.54, 1.807) is 13.8 Å². The Bertz CT molecular complexity index is 375. The van der Waals surface area contributed by atoms with Gasteiger partial charge in [0.1, 0.15) is 0 Å². The second-order valence-corrected chi connectivity index (χ2v) is 5.36. The van der Waals surface area contributed by atoms with Crippen LogP contribution in [0.2, 0.25) is 0 Å². The predicted octanol–water partition coefficient (Wildman–Crippen LogP) is 3.48. The van der Waals surface area contributed by atoms with Gasteiger partial charge in [-0.3, -0.25) is 9.59 Å². The van der Waals surface area contributed by atoms with Crippen LogP contribution in [0.15, 0.2) is 0 Å². The van der Waals surface area contributed by atoms with E-state index in [0.717, 1.165) is 12.8 Å². The molecule has 0 amide bonds. The average molecular weight is 311 g/mol. The first-order chi connectivity index (χ1) is 10.5. The van der Waals surface area contributed by atoms with Gasteiger partial charge in [-0.1, -0.05) is 26.7 Å². The summed E-state index contributed by atoms with van der Waals surface area (Å²) in [6.07, 6.45) is 3.27. The summed E-state index contributed by atoms with van der Waals surface area (Å²) in [5, 5.41) is 9.25. The van der Waals surface area contributed by atoms with Gasteiger partial charge < -0.3 is 9.47 Å². The van der Waals surface area contributed by atoms with Gasteiger partial charge in [-0.2, -0.15) is 5.26 Å². The van der Waals surface area contributed by atoms with Crippen LogP contribution in [0.1, 0.15) is 59.8 Å². The van der Waals surface area contributed by atoms with Crippen molar-refractivity contribution in [1.82, 2.24) is 0 Å². The van der Waals surface area contributed by atoms with E-state index in [1.165, 1.54) is 0 Å². The van der Waals surface area contributed by atoms with Gasteiger partial charge in [0.15, 0.2) is 0 Å². The van der Waals surface area contributed by atoms with Crippen molar-refractivity contribution in [3.8, 4) is 6.07 Å². The molecule has 0 aromatic carbocycles. The lowest BCUT2D eigenvalue weighted by Crippen LogP contribution is -2.34. The van der Waals surface area contributed by atoms with Crippen molar-refractivity contribution in [2.75, 3.05) is 13.2 Å². The van der Waals surface area contributed by atoms with Gasteiger partial charge in [0, 0.05) is 5.92 Å². The first kappa shape index (κ1) is 20.4. The Morgan fingerprint density at radius 2 is 1.41 bits per heavy atom. The summed E-state index contributed by atoms with van der Waals surface area (Å²) in [6.45, 7) is 7.99. The highest BCUT2D eigenvalue weighted by atomic mass is 16.5. The Kier molecular flexibility index (Phi) is 11.2. The summed E-state index contributed by atoms with van der Waals surface area (Å²) in [5.74, 6) is -2.14. The Labute approximate surface area is 134 Å². The van der Waals surface area contributed by atoms with E-state index in [1.807, 2.05) is 13.8 Å². The molecule has 0 aliphatic carbocycles. The number of rotatable bonds is 11. The maximum Gasteiger partial charge on any atom is 0.309 e. The predicted molar refractivity (Wildman–Crippen MR) is 83.8 cm³/mol. The smallest absolute Gasteiger partial charge is 0.309 e. The van der Waals surface area contributed by atoms with Crippen LogP contribution >= 0.6 is 0 Å². The molecular weight excluding hydrogens is 282 g/mol. The maximum atomic E-state index is 12.3. The number of carbonyl (C=O) groups is 2. The highest BCUT2D eigenvalue weighted by Gasteiger charge is 2.36. The van der Waals surface area contributed by atoms with Crippen LogP contribution in [0.5, 0.6) is 0 Å². The molecule has 0 saturated heterocycles. The second kappa shape index (κ2) is 12.0. The quantitative estimate of drug-likeness (QED) is 0.546. The molecule has 0 bridgehead atoms. The van der Waals surface area contributed by atoms with Gasteiger partial charge in [0.25, 0.3) is 0 Å². The summed E-state index contributed by atoms with van der Waals surface area (Å²) in [4.78, 5) is 24.5. The zero-order valence-corrected chi connectivity index (χ0v) is 14.3. The lowest BCUT2D eigenvalue weighted by molar-refractivity contribution is -0.161. The third kappa shape index (κ3) is 6.93.